The molecule has 13 heavy (non-hydrogen) atoms. The van der Waals surface area contributed by atoms with Crippen molar-refractivity contribution in [2.24, 2.45) is 5.92 Å². The van der Waals surface area contributed by atoms with Crippen molar-refractivity contribution in [3.8, 4) is 0 Å². The molecular formula is C11H15BrS. The molecule has 1 aromatic rings. The van der Waals surface area contributed by atoms with Crippen LogP contribution in [0.5, 0.6) is 0 Å². The molecule has 0 aliphatic heterocycles. The van der Waals surface area contributed by atoms with E-state index in [0.717, 1.165) is 10.7 Å². The molecule has 1 atom stereocenters. The van der Waals surface area contributed by atoms with E-state index in [1.165, 1.54) is 30.6 Å². The van der Waals surface area contributed by atoms with Gasteiger partial charge in [-0.3, -0.25) is 0 Å². The van der Waals surface area contributed by atoms with Crippen molar-refractivity contribution < 1.29 is 0 Å². The Morgan fingerprint density at radius 2 is 2.38 bits per heavy atom. The number of alkyl halides is 1. The molecule has 0 saturated heterocycles. The first kappa shape index (κ1) is 9.72. The molecule has 1 aliphatic carbocycles. The lowest BCUT2D eigenvalue weighted by Crippen LogP contribution is -2.02. The van der Waals surface area contributed by atoms with E-state index in [9.17, 15) is 0 Å². The van der Waals surface area contributed by atoms with Crippen molar-refractivity contribution in [3.63, 3.8) is 0 Å². The van der Waals surface area contributed by atoms with E-state index in [2.05, 4.69) is 34.3 Å². The molecule has 1 aliphatic rings. The Morgan fingerprint density at radius 1 is 1.62 bits per heavy atom. The first-order valence-electron chi connectivity index (χ1n) is 4.94. The number of halogens is 1. The number of rotatable bonds is 4. The zero-order valence-electron chi connectivity index (χ0n) is 7.92. The van der Waals surface area contributed by atoms with Gasteiger partial charge in [-0.15, -0.1) is 11.3 Å². The van der Waals surface area contributed by atoms with Gasteiger partial charge in [-0.1, -0.05) is 15.9 Å². The molecule has 1 saturated carbocycles. The maximum absolute atomic E-state index is 3.78. The summed E-state index contributed by atoms with van der Waals surface area (Å²) in [5.74, 6) is 0.985. The van der Waals surface area contributed by atoms with E-state index in [1.54, 1.807) is 5.56 Å². The lowest BCUT2D eigenvalue weighted by molar-refractivity contribution is 0.696. The Balaban J connectivity index is 1.81. The van der Waals surface area contributed by atoms with Crippen molar-refractivity contribution in [1.82, 2.24) is 0 Å². The Labute approximate surface area is 92.5 Å². The predicted molar refractivity (Wildman–Crippen MR) is 62.8 cm³/mol. The number of aryl methyl sites for hydroxylation is 2. The summed E-state index contributed by atoms with van der Waals surface area (Å²) in [5.41, 5.74) is 1.55. The van der Waals surface area contributed by atoms with Gasteiger partial charge >= 0.3 is 0 Å². The SMILES string of the molecule is Cc1sccc1CCC(Br)C1CC1. The molecule has 1 fully saturated rings. The largest absolute Gasteiger partial charge is 0.149 e. The third-order valence-corrected chi connectivity index (χ3v) is 4.88. The van der Waals surface area contributed by atoms with Crippen molar-refractivity contribution in [3.05, 3.63) is 21.9 Å². The molecule has 2 heteroatoms. The summed E-state index contributed by atoms with van der Waals surface area (Å²) in [6, 6.07) is 2.27. The highest BCUT2D eigenvalue weighted by Gasteiger charge is 2.28. The van der Waals surface area contributed by atoms with Gasteiger partial charge in [0, 0.05) is 9.70 Å². The van der Waals surface area contributed by atoms with Crippen LogP contribution in [0.2, 0.25) is 0 Å². The number of thiophene rings is 1. The second kappa shape index (κ2) is 4.14. The fraction of sp³-hybridized carbons (Fsp3) is 0.636. The molecule has 1 aromatic heterocycles. The normalized spacial score (nSPS) is 18.9. The van der Waals surface area contributed by atoms with Crippen molar-refractivity contribution in [2.75, 3.05) is 0 Å². The average molecular weight is 259 g/mol. The second-order valence-electron chi connectivity index (χ2n) is 3.89. The average Bonchev–Trinajstić information content (AvgIpc) is 2.88. The van der Waals surface area contributed by atoms with Gasteiger partial charge in [0.25, 0.3) is 0 Å². The van der Waals surface area contributed by atoms with Crippen LogP contribution in [0.1, 0.15) is 29.7 Å². The van der Waals surface area contributed by atoms with Gasteiger partial charge in [0.1, 0.15) is 0 Å². The molecule has 0 spiro atoms. The van der Waals surface area contributed by atoms with E-state index >= 15 is 0 Å². The van der Waals surface area contributed by atoms with Gasteiger partial charge in [-0.05, 0) is 55.5 Å². The summed E-state index contributed by atoms with van der Waals surface area (Å²) in [6.07, 6.45) is 5.45. The standard InChI is InChI=1S/C11H15BrS/c1-8-9(6-7-13-8)4-5-11(12)10-2-3-10/h6-7,10-11H,2-5H2,1H3. The summed E-state index contributed by atoms with van der Waals surface area (Å²) < 4.78 is 0. The predicted octanol–water partition coefficient (Wildman–Crippen LogP) is 4.16. The van der Waals surface area contributed by atoms with E-state index in [-0.39, 0.29) is 0 Å². The van der Waals surface area contributed by atoms with Crippen LogP contribution < -0.4 is 0 Å². The molecule has 2 rings (SSSR count). The van der Waals surface area contributed by atoms with Crippen molar-refractivity contribution >= 4 is 27.3 Å². The minimum absolute atomic E-state index is 0.770. The highest BCUT2D eigenvalue weighted by Crippen LogP contribution is 2.38. The van der Waals surface area contributed by atoms with Crippen LogP contribution in [0.3, 0.4) is 0 Å². The van der Waals surface area contributed by atoms with Crippen LogP contribution in [-0.4, -0.2) is 4.83 Å². The van der Waals surface area contributed by atoms with E-state index in [4.69, 9.17) is 0 Å². The minimum Gasteiger partial charge on any atom is -0.149 e. The van der Waals surface area contributed by atoms with Gasteiger partial charge in [0.15, 0.2) is 0 Å². The fourth-order valence-electron chi connectivity index (χ4n) is 1.66. The summed E-state index contributed by atoms with van der Waals surface area (Å²) in [4.78, 5) is 2.27. The summed E-state index contributed by atoms with van der Waals surface area (Å²) in [6.45, 7) is 2.22. The van der Waals surface area contributed by atoms with Crippen LogP contribution in [0.25, 0.3) is 0 Å². The Hall–Kier alpha value is 0.180. The molecule has 0 radical (unpaired) electrons. The van der Waals surface area contributed by atoms with Gasteiger partial charge in [0.2, 0.25) is 0 Å². The molecule has 1 heterocycles. The monoisotopic (exact) mass is 258 g/mol. The smallest absolute Gasteiger partial charge is 0.0177 e. The topological polar surface area (TPSA) is 0 Å². The molecule has 0 bridgehead atoms. The molecule has 0 N–H and O–H groups in total. The van der Waals surface area contributed by atoms with Crippen LogP contribution in [0.4, 0.5) is 0 Å². The van der Waals surface area contributed by atoms with Gasteiger partial charge in [-0.2, -0.15) is 0 Å². The minimum atomic E-state index is 0.770. The zero-order valence-corrected chi connectivity index (χ0v) is 10.3. The Morgan fingerprint density at radius 3 is 2.92 bits per heavy atom. The van der Waals surface area contributed by atoms with Crippen molar-refractivity contribution in [2.45, 2.75) is 37.4 Å². The highest BCUT2D eigenvalue weighted by molar-refractivity contribution is 9.09. The lowest BCUT2D eigenvalue weighted by atomic mass is 10.1. The van der Waals surface area contributed by atoms with Gasteiger partial charge in [-0.25, -0.2) is 0 Å². The van der Waals surface area contributed by atoms with Crippen LogP contribution >= 0.6 is 27.3 Å². The number of hydrogen-bond donors (Lipinski definition) is 0. The lowest BCUT2D eigenvalue weighted by Gasteiger charge is -2.06. The third kappa shape index (κ3) is 2.57. The third-order valence-electron chi connectivity index (χ3n) is 2.79. The molecule has 1 unspecified atom stereocenters. The van der Waals surface area contributed by atoms with E-state index in [1.807, 2.05) is 11.3 Å². The maximum atomic E-state index is 3.78. The number of hydrogen-bond acceptors (Lipinski definition) is 1. The first-order valence-corrected chi connectivity index (χ1v) is 6.74. The van der Waals surface area contributed by atoms with E-state index < -0.39 is 0 Å². The summed E-state index contributed by atoms with van der Waals surface area (Å²) >= 11 is 5.64. The van der Waals surface area contributed by atoms with Crippen LogP contribution in [-0.2, 0) is 6.42 Å². The molecule has 72 valence electrons. The Bertz CT molecular complexity index is 275. The second-order valence-corrected chi connectivity index (χ2v) is 6.19. The van der Waals surface area contributed by atoms with Gasteiger partial charge in [0.05, 0.1) is 0 Å². The van der Waals surface area contributed by atoms with Gasteiger partial charge < -0.3 is 0 Å². The Kier molecular flexibility index (Phi) is 3.10. The quantitative estimate of drug-likeness (QED) is 0.712. The zero-order chi connectivity index (χ0) is 9.26. The first-order chi connectivity index (χ1) is 6.27. The molecule has 0 nitrogen and oxygen atoms in total. The molecule has 0 aromatic carbocycles. The summed E-state index contributed by atoms with van der Waals surface area (Å²) in [7, 11) is 0. The molecular weight excluding hydrogens is 244 g/mol. The van der Waals surface area contributed by atoms with E-state index in [0.29, 0.717) is 0 Å². The van der Waals surface area contributed by atoms with Crippen molar-refractivity contribution in [1.29, 1.82) is 0 Å². The maximum Gasteiger partial charge on any atom is 0.0177 e. The highest BCUT2D eigenvalue weighted by atomic mass is 79.9. The fourth-order valence-corrected chi connectivity index (χ4v) is 3.17. The molecule has 0 amide bonds. The van der Waals surface area contributed by atoms with Crippen LogP contribution in [0.15, 0.2) is 11.4 Å². The van der Waals surface area contributed by atoms with Crippen LogP contribution in [0, 0.1) is 12.8 Å². The summed E-state index contributed by atoms with van der Waals surface area (Å²) in [5, 5.41) is 2.20.